The lowest BCUT2D eigenvalue weighted by molar-refractivity contribution is 0.317. The molecule has 0 atom stereocenters. The maximum Gasteiger partial charge on any atom is 0.225 e. The molecule has 0 aliphatic carbocycles. The van der Waals surface area contributed by atoms with Gasteiger partial charge in [0.15, 0.2) is 5.82 Å². The number of nitrogens with zero attached hydrogens (tertiary/aromatic N) is 3. The van der Waals surface area contributed by atoms with Crippen LogP contribution in [0, 0.1) is 5.82 Å². The van der Waals surface area contributed by atoms with Gasteiger partial charge in [-0.25, -0.2) is 14.4 Å². The highest BCUT2D eigenvalue weighted by Crippen LogP contribution is 2.24. The van der Waals surface area contributed by atoms with E-state index < -0.39 is 5.82 Å². The highest BCUT2D eigenvalue weighted by atomic mass is 19.1. The van der Waals surface area contributed by atoms with Crippen molar-refractivity contribution in [2.24, 2.45) is 5.73 Å². The minimum Gasteiger partial charge on any atom is -0.337 e. The molecule has 0 bridgehead atoms. The summed E-state index contributed by atoms with van der Waals surface area (Å²) >= 11 is 0. The molecule has 1 aromatic rings. The van der Waals surface area contributed by atoms with Crippen molar-refractivity contribution in [3.8, 4) is 0 Å². The van der Waals surface area contributed by atoms with Gasteiger partial charge in [0.1, 0.15) is 0 Å². The zero-order valence-corrected chi connectivity index (χ0v) is 8.07. The summed E-state index contributed by atoms with van der Waals surface area (Å²) in [5.74, 6) is 0.143. The predicted octanol–water partition coefficient (Wildman–Crippen LogP) is 0.543. The quantitative estimate of drug-likeness (QED) is 0.750. The molecular weight excluding hydrogens is 183 g/mol. The molecule has 1 fully saturated rings. The number of nitrogens with two attached hydrogens (primary N) is 1. The third-order valence-electron chi connectivity index (χ3n) is 2.61. The summed E-state index contributed by atoms with van der Waals surface area (Å²) in [7, 11) is 0. The van der Waals surface area contributed by atoms with Gasteiger partial charge in [0.25, 0.3) is 0 Å². The zero-order chi connectivity index (χ0) is 10.2. The predicted molar refractivity (Wildman–Crippen MR) is 51.4 cm³/mol. The average molecular weight is 196 g/mol. The highest BCUT2D eigenvalue weighted by molar-refractivity contribution is 5.37. The Morgan fingerprint density at radius 1 is 1.50 bits per heavy atom. The van der Waals surface area contributed by atoms with Crippen LogP contribution in [0.15, 0.2) is 12.4 Å². The molecule has 1 aliphatic heterocycles. The molecule has 0 amide bonds. The Balaban J connectivity index is 2.03. The van der Waals surface area contributed by atoms with Crippen LogP contribution < -0.4 is 10.6 Å². The van der Waals surface area contributed by atoms with E-state index >= 15 is 0 Å². The van der Waals surface area contributed by atoms with E-state index in [1.54, 1.807) is 0 Å². The molecule has 0 aromatic carbocycles. The van der Waals surface area contributed by atoms with Crippen LogP contribution in [0.1, 0.15) is 13.3 Å². The maximum atomic E-state index is 12.5. The van der Waals surface area contributed by atoms with Crippen molar-refractivity contribution in [2.75, 3.05) is 18.0 Å². The summed E-state index contributed by atoms with van der Waals surface area (Å²) in [6.07, 6.45) is 3.28. The Labute approximate surface area is 82.0 Å². The third-order valence-corrected chi connectivity index (χ3v) is 2.61. The van der Waals surface area contributed by atoms with Gasteiger partial charge in [-0.05, 0) is 6.42 Å². The van der Waals surface area contributed by atoms with Crippen LogP contribution in [0.25, 0.3) is 0 Å². The molecule has 1 aromatic heterocycles. The van der Waals surface area contributed by atoms with Gasteiger partial charge in [-0.15, -0.1) is 0 Å². The molecule has 5 heteroatoms. The first-order valence-electron chi connectivity index (χ1n) is 4.64. The van der Waals surface area contributed by atoms with Crippen LogP contribution in [-0.2, 0) is 0 Å². The molecule has 2 rings (SSSR count). The maximum absolute atomic E-state index is 12.5. The van der Waals surface area contributed by atoms with E-state index in [0.29, 0.717) is 5.95 Å². The second kappa shape index (κ2) is 3.16. The number of halogens is 1. The first-order valence-corrected chi connectivity index (χ1v) is 4.64. The van der Waals surface area contributed by atoms with Gasteiger partial charge < -0.3 is 10.6 Å². The molecule has 1 saturated heterocycles. The van der Waals surface area contributed by atoms with Crippen LogP contribution in [0.2, 0.25) is 0 Å². The fraction of sp³-hybridized carbons (Fsp3) is 0.556. The van der Waals surface area contributed by atoms with Gasteiger partial charge in [-0.2, -0.15) is 0 Å². The minimum atomic E-state index is -0.413. The van der Waals surface area contributed by atoms with Crippen molar-refractivity contribution in [1.82, 2.24) is 9.97 Å². The molecular formula is C9H13FN4. The van der Waals surface area contributed by atoms with Crippen LogP contribution >= 0.6 is 0 Å². The minimum absolute atomic E-state index is 0.113. The van der Waals surface area contributed by atoms with Crippen LogP contribution in [0.5, 0.6) is 0 Å². The van der Waals surface area contributed by atoms with Crippen LogP contribution in [-0.4, -0.2) is 28.6 Å². The van der Waals surface area contributed by atoms with Crippen molar-refractivity contribution in [3.63, 3.8) is 0 Å². The summed E-state index contributed by atoms with van der Waals surface area (Å²) in [4.78, 5) is 9.72. The fourth-order valence-corrected chi connectivity index (χ4v) is 1.55. The monoisotopic (exact) mass is 196 g/mol. The number of anilines is 1. The second-order valence-electron chi connectivity index (χ2n) is 3.77. The van der Waals surface area contributed by atoms with E-state index in [1.165, 1.54) is 12.4 Å². The van der Waals surface area contributed by atoms with E-state index in [9.17, 15) is 4.39 Å². The van der Waals surface area contributed by atoms with Crippen molar-refractivity contribution in [2.45, 2.75) is 18.9 Å². The topological polar surface area (TPSA) is 55.0 Å². The summed E-state index contributed by atoms with van der Waals surface area (Å²) in [6, 6.07) is 0. The molecule has 1 aliphatic rings. The molecule has 0 spiro atoms. The fourth-order valence-electron chi connectivity index (χ4n) is 1.55. The second-order valence-corrected chi connectivity index (χ2v) is 3.77. The zero-order valence-electron chi connectivity index (χ0n) is 8.07. The average Bonchev–Trinajstić information content (AvgIpc) is 2.15. The SMILES string of the molecule is CCC1(N)CN(c2ncc(F)cn2)C1. The van der Waals surface area contributed by atoms with Crippen molar-refractivity contribution in [3.05, 3.63) is 18.2 Å². The van der Waals surface area contributed by atoms with Crippen molar-refractivity contribution >= 4 is 5.95 Å². The smallest absolute Gasteiger partial charge is 0.225 e. The Morgan fingerprint density at radius 3 is 2.57 bits per heavy atom. The summed E-state index contributed by atoms with van der Waals surface area (Å²) in [6.45, 7) is 3.55. The first kappa shape index (κ1) is 9.33. The third kappa shape index (κ3) is 1.55. The normalized spacial score (nSPS) is 19.2. The number of aromatic nitrogens is 2. The lowest BCUT2D eigenvalue weighted by atomic mass is 9.89. The summed E-state index contributed by atoms with van der Waals surface area (Å²) in [5.41, 5.74) is 5.88. The standard InChI is InChI=1S/C9H13FN4/c1-2-9(11)5-14(6-9)8-12-3-7(10)4-13-8/h3-4H,2,5-6,11H2,1H3. The van der Waals surface area contributed by atoms with Gasteiger partial charge >= 0.3 is 0 Å². The number of hydrogen-bond donors (Lipinski definition) is 1. The lowest BCUT2D eigenvalue weighted by Gasteiger charge is -2.47. The van der Waals surface area contributed by atoms with Gasteiger partial charge in [0.05, 0.1) is 17.9 Å². The highest BCUT2D eigenvalue weighted by Gasteiger charge is 2.38. The van der Waals surface area contributed by atoms with E-state index in [-0.39, 0.29) is 5.54 Å². The molecule has 0 unspecified atom stereocenters. The van der Waals surface area contributed by atoms with E-state index in [1.807, 2.05) is 4.90 Å². The van der Waals surface area contributed by atoms with E-state index in [2.05, 4.69) is 16.9 Å². The van der Waals surface area contributed by atoms with E-state index in [0.717, 1.165) is 19.5 Å². The number of hydrogen-bond acceptors (Lipinski definition) is 4. The van der Waals surface area contributed by atoms with Crippen molar-refractivity contribution in [1.29, 1.82) is 0 Å². The van der Waals surface area contributed by atoms with Gasteiger partial charge in [0.2, 0.25) is 5.95 Å². The molecule has 2 N–H and O–H groups in total. The van der Waals surface area contributed by atoms with Crippen molar-refractivity contribution < 1.29 is 4.39 Å². The Bertz CT molecular complexity index is 318. The molecule has 2 heterocycles. The van der Waals surface area contributed by atoms with Gasteiger partial charge in [-0.3, -0.25) is 0 Å². The first-order chi connectivity index (χ1) is 6.63. The lowest BCUT2D eigenvalue weighted by Crippen LogP contribution is -2.67. The van der Waals surface area contributed by atoms with Crippen LogP contribution in [0.4, 0.5) is 10.3 Å². The summed E-state index contributed by atoms with van der Waals surface area (Å²) < 4.78 is 12.5. The Morgan fingerprint density at radius 2 is 2.07 bits per heavy atom. The molecule has 4 nitrogen and oxygen atoms in total. The largest absolute Gasteiger partial charge is 0.337 e. The van der Waals surface area contributed by atoms with Gasteiger partial charge in [0, 0.05) is 13.1 Å². The molecule has 76 valence electrons. The Kier molecular flexibility index (Phi) is 2.11. The molecule has 14 heavy (non-hydrogen) atoms. The van der Waals surface area contributed by atoms with Gasteiger partial charge in [-0.1, -0.05) is 6.92 Å². The van der Waals surface area contributed by atoms with Crippen LogP contribution in [0.3, 0.4) is 0 Å². The Hall–Kier alpha value is -1.23. The number of rotatable bonds is 2. The molecule has 0 saturated carbocycles. The van der Waals surface area contributed by atoms with E-state index in [4.69, 9.17) is 5.73 Å². The molecule has 0 radical (unpaired) electrons. The summed E-state index contributed by atoms with van der Waals surface area (Å²) in [5, 5.41) is 0.